The van der Waals surface area contributed by atoms with Gasteiger partial charge in [0.15, 0.2) is 0 Å². The third-order valence-corrected chi connectivity index (χ3v) is 5.67. The van der Waals surface area contributed by atoms with Gasteiger partial charge in [-0.25, -0.2) is 4.79 Å². The van der Waals surface area contributed by atoms with Gasteiger partial charge in [-0.3, -0.25) is 4.79 Å². The van der Waals surface area contributed by atoms with Gasteiger partial charge >= 0.3 is 5.97 Å². The summed E-state index contributed by atoms with van der Waals surface area (Å²) in [7, 11) is 2.80. The molecule has 0 saturated heterocycles. The molecule has 6 nitrogen and oxygen atoms in total. The third kappa shape index (κ3) is 5.96. The molecule has 34 heavy (non-hydrogen) atoms. The van der Waals surface area contributed by atoms with E-state index in [4.69, 9.17) is 27.9 Å². The molecule has 1 N–H and O–H groups in total. The minimum Gasteiger partial charge on any atom is -0.496 e. The zero-order chi connectivity index (χ0) is 24.7. The van der Waals surface area contributed by atoms with Crippen LogP contribution >= 0.6 is 23.2 Å². The number of carbonyl (C=O) groups is 2. The highest BCUT2D eigenvalue weighted by Gasteiger charge is 2.15. The molecular formula is C26H20Cl2N2O4. The lowest BCUT2D eigenvalue weighted by Crippen LogP contribution is -2.13. The molecule has 0 atom stereocenters. The van der Waals surface area contributed by atoms with Gasteiger partial charge in [0.2, 0.25) is 0 Å². The molecule has 0 aliphatic heterocycles. The molecule has 0 saturated carbocycles. The first-order valence-corrected chi connectivity index (χ1v) is 10.8. The summed E-state index contributed by atoms with van der Waals surface area (Å²) in [5.74, 6) is -0.586. The summed E-state index contributed by atoms with van der Waals surface area (Å²) in [6.07, 6.45) is 1.88. The normalized spacial score (nSPS) is 10.9. The maximum atomic E-state index is 12.6. The number of anilines is 1. The van der Waals surface area contributed by atoms with E-state index in [-0.39, 0.29) is 5.57 Å². The summed E-state index contributed by atoms with van der Waals surface area (Å²) >= 11 is 12.8. The van der Waals surface area contributed by atoms with Crippen LogP contribution in [0.5, 0.6) is 5.75 Å². The number of nitriles is 1. The number of methoxy groups -OCH3 is 2. The number of nitrogens with one attached hydrogen (secondary N) is 1. The van der Waals surface area contributed by atoms with Crippen molar-refractivity contribution in [2.45, 2.75) is 6.42 Å². The van der Waals surface area contributed by atoms with Crippen molar-refractivity contribution >= 4 is 46.8 Å². The first kappa shape index (κ1) is 24.8. The number of carbonyl (C=O) groups excluding carboxylic acids is 2. The number of hydrogen-bond donors (Lipinski definition) is 1. The maximum absolute atomic E-state index is 12.6. The monoisotopic (exact) mass is 494 g/mol. The first-order valence-electron chi connectivity index (χ1n) is 10.1. The van der Waals surface area contributed by atoms with Crippen molar-refractivity contribution in [2.24, 2.45) is 0 Å². The maximum Gasteiger partial charge on any atom is 0.337 e. The second kappa shape index (κ2) is 11.4. The van der Waals surface area contributed by atoms with Crippen LogP contribution in [-0.4, -0.2) is 26.1 Å². The van der Waals surface area contributed by atoms with Crippen LogP contribution < -0.4 is 10.1 Å². The Kier molecular flexibility index (Phi) is 8.31. The van der Waals surface area contributed by atoms with E-state index < -0.39 is 11.9 Å². The fraction of sp³-hybridized carbons (Fsp3) is 0.115. The van der Waals surface area contributed by atoms with Crippen LogP contribution in [0.1, 0.15) is 27.0 Å². The van der Waals surface area contributed by atoms with Crippen LogP contribution in [0.2, 0.25) is 10.0 Å². The molecule has 0 aliphatic rings. The van der Waals surface area contributed by atoms with Crippen molar-refractivity contribution in [2.75, 3.05) is 19.5 Å². The highest BCUT2D eigenvalue weighted by atomic mass is 35.5. The number of ether oxygens (including phenoxy) is 2. The van der Waals surface area contributed by atoms with E-state index in [9.17, 15) is 14.9 Å². The first-order chi connectivity index (χ1) is 16.4. The van der Waals surface area contributed by atoms with Crippen molar-refractivity contribution in [1.82, 2.24) is 0 Å². The van der Waals surface area contributed by atoms with Gasteiger partial charge in [0.25, 0.3) is 5.91 Å². The summed E-state index contributed by atoms with van der Waals surface area (Å²) in [6.45, 7) is 0. The molecule has 3 aromatic rings. The lowest BCUT2D eigenvalue weighted by molar-refractivity contribution is -0.112. The SMILES string of the molecule is COC(=O)c1ccc(NC(=O)/C(C#N)=C/c2cc(Cl)c(Cc3ccccc3Cl)c(OC)c2)cc1. The fourth-order valence-electron chi connectivity index (χ4n) is 3.22. The Morgan fingerprint density at radius 3 is 2.35 bits per heavy atom. The predicted octanol–water partition coefficient (Wildman–Crippen LogP) is 5.93. The minimum absolute atomic E-state index is 0.131. The standard InChI is InChI=1S/C26H20Cl2N2O4/c1-33-24-13-16(12-23(28)21(24)14-18-5-3-4-6-22(18)27)11-19(15-29)25(31)30-20-9-7-17(8-10-20)26(32)34-2/h3-13H,14H2,1-2H3,(H,30,31)/b19-11+. The highest BCUT2D eigenvalue weighted by Crippen LogP contribution is 2.33. The lowest BCUT2D eigenvalue weighted by atomic mass is 10.0. The predicted molar refractivity (Wildman–Crippen MR) is 132 cm³/mol. The molecule has 3 aromatic carbocycles. The summed E-state index contributed by atoms with van der Waals surface area (Å²) in [5.41, 5.74) is 2.79. The van der Waals surface area contributed by atoms with Crippen molar-refractivity contribution in [1.29, 1.82) is 5.26 Å². The quantitative estimate of drug-likeness (QED) is 0.250. The lowest BCUT2D eigenvalue weighted by Gasteiger charge is -2.13. The van der Waals surface area contributed by atoms with Gasteiger partial charge in [0.1, 0.15) is 17.4 Å². The van der Waals surface area contributed by atoms with Crippen molar-refractivity contribution in [3.63, 3.8) is 0 Å². The van der Waals surface area contributed by atoms with Crippen molar-refractivity contribution in [3.05, 3.63) is 98.5 Å². The van der Waals surface area contributed by atoms with E-state index in [1.807, 2.05) is 24.3 Å². The van der Waals surface area contributed by atoms with E-state index in [2.05, 4.69) is 10.1 Å². The van der Waals surface area contributed by atoms with Gasteiger partial charge in [-0.1, -0.05) is 41.4 Å². The summed E-state index contributed by atoms with van der Waals surface area (Å²) in [6, 6.07) is 18.8. The molecule has 0 aliphatic carbocycles. The molecule has 0 bridgehead atoms. The second-order valence-electron chi connectivity index (χ2n) is 7.14. The molecule has 3 rings (SSSR count). The van der Waals surface area contributed by atoms with Crippen LogP contribution in [-0.2, 0) is 16.0 Å². The summed E-state index contributed by atoms with van der Waals surface area (Å²) in [5, 5.41) is 13.2. The Labute approximate surface area is 207 Å². The van der Waals surface area contributed by atoms with Crippen molar-refractivity contribution < 1.29 is 19.1 Å². The molecule has 0 unspecified atom stereocenters. The number of benzene rings is 3. The van der Waals surface area contributed by atoms with Crippen LogP contribution in [0, 0.1) is 11.3 Å². The van der Waals surface area contributed by atoms with E-state index in [0.717, 1.165) is 11.1 Å². The Hall–Kier alpha value is -3.79. The Balaban J connectivity index is 1.84. The molecule has 0 aromatic heterocycles. The molecule has 8 heteroatoms. The van der Waals surface area contributed by atoms with Gasteiger partial charge in [0.05, 0.1) is 19.8 Å². The fourth-order valence-corrected chi connectivity index (χ4v) is 3.71. The Bertz CT molecular complexity index is 1300. The minimum atomic E-state index is -0.608. The van der Waals surface area contributed by atoms with Crippen LogP contribution in [0.4, 0.5) is 5.69 Å². The number of amides is 1. The molecule has 0 spiro atoms. The largest absolute Gasteiger partial charge is 0.496 e. The zero-order valence-corrected chi connectivity index (χ0v) is 19.9. The van der Waals surface area contributed by atoms with Gasteiger partial charge in [-0.05, 0) is 59.7 Å². The molecular weight excluding hydrogens is 475 g/mol. The average molecular weight is 495 g/mol. The second-order valence-corrected chi connectivity index (χ2v) is 7.96. The topological polar surface area (TPSA) is 88.4 Å². The van der Waals surface area contributed by atoms with Gasteiger partial charge in [-0.2, -0.15) is 5.26 Å². The number of halogens is 2. The van der Waals surface area contributed by atoms with Gasteiger partial charge in [0, 0.05) is 27.7 Å². The van der Waals surface area contributed by atoms with Crippen LogP contribution in [0.15, 0.2) is 66.2 Å². The zero-order valence-electron chi connectivity index (χ0n) is 18.4. The van der Waals surface area contributed by atoms with Gasteiger partial charge < -0.3 is 14.8 Å². The molecule has 1 amide bonds. The third-order valence-electron chi connectivity index (χ3n) is 4.96. The van der Waals surface area contributed by atoms with E-state index in [1.54, 1.807) is 30.3 Å². The number of esters is 1. The number of nitrogens with zero attached hydrogens (tertiary/aromatic N) is 1. The van der Waals surface area contributed by atoms with Crippen LogP contribution in [0.3, 0.4) is 0 Å². The smallest absolute Gasteiger partial charge is 0.337 e. The van der Waals surface area contributed by atoms with E-state index in [0.29, 0.717) is 39.0 Å². The van der Waals surface area contributed by atoms with Crippen molar-refractivity contribution in [3.8, 4) is 11.8 Å². The summed E-state index contributed by atoms with van der Waals surface area (Å²) in [4.78, 5) is 24.2. The molecule has 0 fully saturated rings. The summed E-state index contributed by atoms with van der Waals surface area (Å²) < 4.78 is 10.2. The van der Waals surface area contributed by atoms with E-state index >= 15 is 0 Å². The molecule has 172 valence electrons. The molecule has 0 radical (unpaired) electrons. The average Bonchev–Trinajstić information content (AvgIpc) is 2.84. The highest BCUT2D eigenvalue weighted by molar-refractivity contribution is 6.32. The Morgan fingerprint density at radius 1 is 1.03 bits per heavy atom. The molecule has 0 heterocycles. The number of hydrogen-bond acceptors (Lipinski definition) is 5. The number of rotatable bonds is 7. The van der Waals surface area contributed by atoms with Crippen LogP contribution in [0.25, 0.3) is 6.08 Å². The van der Waals surface area contributed by atoms with E-state index in [1.165, 1.54) is 32.4 Å². The Morgan fingerprint density at radius 2 is 1.74 bits per heavy atom. The van der Waals surface area contributed by atoms with Gasteiger partial charge in [-0.15, -0.1) is 0 Å².